The summed E-state index contributed by atoms with van der Waals surface area (Å²) in [6.07, 6.45) is 1.55. The number of hydrogen-bond acceptors (Lipinski definition) is 5. The van der Waals surface area contributed by atoms with Crippen molar-refractivity contribution >= 4 is 17.7 Å². The number of anilines is 1. The molecule has 0 saturated heterocycles. The summed E-state index contributed by atoms with van der Waals surface area (Å²) >= 11 is 0. The molecule has 20 heavy (non-hydrogen) atoms. The first-order chi connectivity index (χ1) is 9.54. The fourth-order valence-electron chi connectivity index (χ4n) is 1.46. The molecule has 2 N–H and O–H groups in total. The van der Waals surface area contributed by atoms with Crippen LogP contribution in [0.5, 0.6) is 0 Å². The Hall–Kier alpha value is -2.11. The fourth-order valence-corrected chi connectivity index (χ4v) is 1.46. The maximum atomic E-state index is 11.7. The third-order valence-corrected chi connectivity index (χ3v) is 2.43. The summed E-state index contributed by atoms with van der Waals surface area (Å²) in [5, 5.41) is 5.63. The SMILES string of the molecule is CCOC(=O)c1cccnc1NCC(=O)NCC(C)C. The zero-order valence-corrected chi connectivity index (χ0v) is 12.1. The third kappa shape index (κ3) is 5.26. The summed E-state index contributed by atoms with van der Waals surface area (Å²) in [4.78, 5) is 27.4. The number of aromatic nitrogens is 1. The highest BCUT2D eigenvalue weighted by Crippen LogP contribution is 2.12. The number of hydrogen-bond donors (Lipinski definition) is 2. The first kappa shape index (κ1) is 15.9. The van der Waals surface area contributed by atoms with Crippen LogP contribution in [0, 0.1) is 5.92 Å². The fraction of sp³-hybridized carbons (Fsp3) is 0.500. The average Bonchev–Trinajstić information content (AvgIpc) is 2.43. The molecule has 1 heterocycles. The predicted molar refractivity (Wildman–Crippen MR) is 76.5 cm³/mol. The summed E-state index contributed by atoms with van der Waals surface area (Å²) in [7, 11) is 0. The van der Waals surface area contributed by atoms with Gasteiger partial charge in [0, 0.05) is 12.7 Å². The molecule has 0 radical (unpaired) electrons. The van der Waals surface area contributed by atoms with E-state index in [-0.39, 0.29) is 12.5 Å². The lowest BCUT2D eigenvalue weighted by molar-refractivity contribution is -0.119. The van der Waals surface area contributed by atoms with Gasteiger partial charge in [0.15, 0.2) is 0 Å². The molecule has 1 aromatic rings. The number of ether oxygens (including phenoxy) is 1. The second-order valence-corrected chi connectivity index (χ2v) is 4.67. The highest BCUT2D eigenvalue weighted by atomic mass is 16.5. The molecule has 1 rings (SSSR count). The smallest absolute Gasteiger partial charge is 0.341 e. The van der Waals surface area contributed by atoms with Crippen molar-refractivity contribution < 1.29 is 14.3 Å². The van der Waals surface area contributed by atoms with Gasteiger partial charge in [0.25, 0.3) is 0 Å². The van der Waals surface area contributed by atoms with Crippen molar-refractivity contribution in [1.82, 2.24) is 10.3 Å². The van der Waals surface area contributed by atoms with Crippen LogP contribution in [0.25, 0.3) is 0 Å². The number of carbonyl (C=O) groups is 2. The van der Waals surface area contributed by atoms with E-state index in [9.17, 15) is 9.59 Å². The minimum absolute atomic E-state index is 0.0656. The van der Waals surface area contributed by atoms with E-state index in [1.807, 2.05) is 13.8 Å². The van der Waals surface area contributed by atoms with Gasteiger partial charge in [0.1, 0.15) is 11.4 Å². The molecule has 0 saturated carbocycles. The zero-order valence-electron chi connectivity index (χ0n) is 12.1. The lowest BCUT2D eigenvalue weighted by Crippen LogP contribution is -2.33. The third-order valence-electron chi connectivity index (χ3n) is 2.43. The summed E-state index contributed by atoms with van der Waals surface area (Å²) in [6, 6.07) is 3.26. The van der Waals surface area contributed by atoms with Crippen molar-refractivity contribution in [3.8, 4) is 0 Å². The molecule has 1 aromatic heterocycles. The number of carbonyl (C=O) groups excluding carboxylic acids is 2. The average molecular weight is 279 g/mol. The van der Waals surface area contributed by atoms with Gasteiger partial charge < -0.3 is 15.4 Å². The quantitative estimate of drug-likeness (QED) is 0.738. The highest BCUT2D eigenvalue weighted by molar-refractivity contribution is 5.95. The van der Waals surface area contributed by atoms with E-state index in [0.717, 1.165) is 0 Å². The number of rotatable bonds is 7. The minimum Gasteiger partial charge on any atom is -0.462 e. The molecular weight excluding hydrogens is 258 g/mol. The lowest BCUT2D eigenvalue weighted by Gasteiger charge is -2.11. The molecule has 1 amide bonds. The molecule has 0 aromatic carbocycles. The first-order valence-corrected chi connectivity index (χ1v) is 6.67. The largest absolute Gasteiger partial charge is 0.462 e. The van der Waals surface area contributed by atoms with E-state index in [2.05, 4.69) is 15.6 Å². The van der Waals surface area contributed by atoms with Crippen LogP contribution >= 0.6 is 0 Å². The molecule has 0 bridgehead atoms. The Morgan fingerprint density at radius 1 is 1.40 bits per heavy atom. The Kier molecular flexibility index (Phi) is 6.49. The van der Waals surface area contributed by atoms with Crippen molar-refractivity contribution in [2.24, 2.45) is 5.92 Å². The minimum atomic E-state index is -0.453. The summed E-state index contributed by atoms with van der Waals surface area (Å²) in [5.41, 5.74) is 0.325. The zero-order chi connectivity index (χ0) is 15.0. The predicted octanol–water partition coefficient (Wildman–Crippen LogP) is 1.44. The van der Waals surface area contributed by atoms with Crippen LogP contribution in [-0.2, 0) is 9.53 Å². The normalized spacial score (nSPS) is 10.2. The monoisotopic (exact) mass is 279 g/mol. The second-order valence-electron chi connectivity index (χ2n) is 4.67. The van der Waals surface area contributed by atoms with Gasteiger partial charge >= 0.3 is 5.97 Å². The standard InChI is InChI=1S/C14H21N3O3/c1-4-20-14(19)11-6-5-7-15-13(11)17-9-12(18)16-8-10(2)3/h5-7,10H,4,8-9H2,1-3H3,(H,15,17)(H,16,18). The Morgan fingerprint density at radius 2 is 2.15 bits per heavy atom. The van der Waals surface area contributed by atoms with E-state index in [1.54, 1.807) is 25.3 Å². The van der Waals surface area contributed by atoms with E-state index in [0.29, 0.717) is 30.5 Å². The van der Waals surface area contributed by atoms with Crippen LogP contribution < -0.4 is 10.6 Å². The molecule has 0 spiro atoms. The van der Waals surface area contributed by atoms with Gasteiger partial charge in [-0.05, 0) is 25.0 Å². The number of nitrogens with one attached hydrogen (secondary N) is 2. The Labute approximate surface area is 118 Å². The van der Waals surface area contributed by atoms with Crippen LogP contribution in [-0.4, -0.2) is 36.6 Å². The molecule has 0 aliphatic heterocycles. The van der Waals surface area contributed by atoms with Crippen molar-refractivity contribution in [3.63, 3.8) is 0 Å². The topological polar surface area (TPSA) is 80.3 Å². The van der Waals surface area contributed by atoms with Crippen LogP contribution in [0.15, 0.2) is 18.3 Å². The van der Waals surface area contributed by atoms with Crippen LogP contribution in [0.1, 0.15) is 31.1 Å². The Balaban J connectivity index is 2.59. The van der Waals surface area contributed by atoms with Gasteiger partial charge in [0.2, 0.25) is 5.91 Å². The molecular formula is C14H21N3O3. The maximum Gasteiger partial charge on any atom is 0.341 e. The highest BCUT2D eigenvalue weighted by Gasteiger charge is 2.13. The summed E-state index contributed by atoms with van der Waals surface area (Å²) in [5.74, 6) is 0.152. The van der Waals surface area contributed by atoms with Crippen molar-refractivity contribution in [1.29, 1.82) is 0 Å². The summed E-state index contributed by atoms with van der Waals surface area (Å²) in [6.45, 7) is 6.75. The second kappa shape index (κ2) is 8.14. The van der Waals surface area contributed by atoms with Crippen molar-refractivity contribution in [2.75, 3.05) is 25.0 Å². The molecule has 0 aliphatic carbocycles. The lowest BCUT2D eigenvalue weighted by atomic mass is 10.2. The van der Waals surface area contributed by atoms with E-state index >= 15 is 0 Å². The van der Waals surface area contributed by atoms with Crippen molar-refractivity contribution in [2.45, 2.75) is 20.8 Å². The van der Waals surface area contributed by atoms with Crippen LogP contribution in [0.3, 0.4) is 0 Å². The van der Waals surface area contributed by atoms with Crippen LogP contribution in [0.4, 0.5) is 5.82 Å². The van der Waals surface area contributed by atoms with Gasteiger partial charge in [-0.15, -0.1) is 0 Å². The number of pyridine rings is 1. The number of esters is 1. The molecule has 110 valence electrons. The number of nitrogens with zero attached hydrogens (tertiary/aromatic N) is 1. The van der Waals surface area contributed by atoms with Gasteiger partial charge in [-0.1, -0.05) is 13.8 Å². The Morgan fingerprint density at radius 3 is 2.80 bits per heavy atom. The molecule has 0 aliphatic rings. The molecule has 6 nitrogen and oxygen atoms in total. The van der Waals surface area contributed by atoms with Gasteiger partial charge in [-0.25, -0.2) is 9.78 Å². The van der Waals surface area contributed by atoms with Crippen molar-refractivity contribution in [3.05, 3.63) is 23.9 Å². The van der Waals surface area contributed by atoms with E-state index < -0.39 is 5.97 Å². The summed E-state index contributed by atoms with van der Waals surface area (Å²) < 4.78 is 4.93. The first-order valence-electron chi connectivity index (χ1n) is 6.67. The molecule has 6 heteroatoms. The Bertz CT molecular complexity index is 461. The van der Waals surface area contributed by atoms with Crippen LogP contribution in [0.2, 0.25) is 0 Å². The van der Waals surface area contributed by atoms with E-state index in [4.69, 9.17) is 4.74 Å². The van der Waals surface area contributed by atoms with Gasteiger partial charge in [-0.3, -0.25) is 4.79 Å². The number of amides is 1. The molecule has 0 atom stereocenters. The van der Waals surface area contributed by atoms with Gasteiger partial charge in [0.05, 0.1) is 13.2 Å². The maximum absolute atomic E-state index is 11.7. The van der Waals surface area contributed by atoms with E-state index in [1.165, 1.54) is 0 Å². The molecule has 0 fully saturated rings. The van der Waals surface area contributed by atoms with Gasteiger partial charge in [-0.2, -0.15) is 0 Å². The molecule has 0 unspecified atom stereocenters.